The number of nitrogens with one attached hydrogen (secondary N) is 2. The first-order valence-corrected chi connectivity index (χ1v) is 20.6. The standard InChI is InChI=1S/C48H64N2O2/c1-3-5-7-9-11-13-15-17-19-21-47(51)49-45-35-31-43(32-36-45)41-27-23-39(24-28-41)40-25-29-42(30-26-40)44-33-37-46(38-34-44)50-48(52)22-20-18-16-14-12-10-8-6-4-2/h23-38H,3-22H2,1-2H3,(H,49,51)(H,50,52). The number of amides is 2. The lowest BCUT2D eigenvalue weighted by Gasteiger charge is -2.09. The predicted octanol–water partition coefficient (Wildman–Crippen LogP) is 14.4. The average Bonchev–Trinajstić information content (AvgIpc) is 3.17. The van der Waals surface area contributed by atoms with Crippen LogP contribution in [-0.4, -0.2) is 11.8 Å². The van der Waals surface area contributed by atoms with Crippen molar-refractivity contribution < 1.29 is 9.59 Å². The Morgan fingerprint density at radius 3 is 0.788 bits per heavy atom. The Hall–Kier alpha value is -4.18. The van der Waals surface area contributed by atoms with Crippen molar-refractivity contribution in [2.24, 2.45) is 0 Å². The van der Waals surface area contributed by atoms with Crippen LogP contribution in [0.15, 0.2) is 97.1 Å². The lowest BCUT2D eigenvalue weighted by Crippen LogP contribution is -2.10. The second-order valence-electron chi connectivity index (χ2n) is 14.6. The number of carbonyl (C=O) groups excluding carboxylic acids is 2. The van der Waals surface area contributed by atoms with Crippen molar-refractivity contribution in [3.05, 3.63) is 97.1 Å². The van der Waals surface area contributed by atoms with E-state index in [4.69, 9.17) is 0 Å². The molecule has 2 N–H and O–H groups in total. The minimum absolute atomic E-state index is 0.103. The minimum atomic E-state index is 0.103. The van der Waals surface area contributed by atoms with E-state index in [2.05, 4.69) is 97.3 Å². The van der Waals surface area contributed by atoms with Crippen LogP contribution in [0.2, 0.25) is 0 Å². The van der Waals surface area contributed by atoms with Crippen LogP contribution in [0, 0.1) is 0 Å². The normalized spacial score (nSPS) is 11.0. The molecule has 0 aromatic heterocycles. The van der Waals surface area contributed by atoms with E-state index < -0.39 is 0 Å². The summed E-state index contributed by atoms with van der Waals surface area (Å²) in [6, 6.07) is 33.6. The molecule has 4 rings (SSSR count). The zero-order chi connectivity index (χ0) is 36.6. The van der Waals surface area contributed by atoms with Gasteiger partial charge in [-0.2, -0.15) is 0 Å². The second-order valence-corrected chi connectivity index (χ2v) is 14.6. The monoisotopic (exact) mass is 700 g/mol. The lowest BCUT2D eigenvalue weighted by atomic mass is 9.98. The van der Waals surface area contributed by atoms with E-state index in [0.29, 0.717) is 12.8 Å². The number of unbranched alkanes of at least 4 members (excludes halogenated alkanes) is 16. The molecule has 4 heteroatoms. The van der Waals surface area contributed by atoms with Crippen LogP contribution < -0.4 is 10.6 Å². The highest BCUT2D eigenvalue weighted by Crippen LogP contribution is 2.29. The van der Waals surface area contributed by atoms with Crippen LogP contribution in [0.1, 0.15) is 142 Å². The summed E-state index contributed by atoms with van der Waals surface area (Å²) in [5.74, 6) is 0.206. The summed E-state index contributed by atoms with van der Waals surface area (Å²) in [7, 11) is 0. The van der Waals surface area contributed by atoms with Crippen molar-refractivity contribution in [2.45, 2.75) is 142 Å². The van der Waals surface area contributed by atoms with Crippen molar-refractivity contribution >= 4 is 23.2 Å². The van der Waals surface area contributed by atoms with Gasteiger partial charge in [-0.1, -0.05) is 189 Å². The maximum atomic E-state index is 12.4. The number of anilines is 2. The van der Waals surface area contributed by atoms with E-state index in [1.54, 1.807) is 0 Å². The Kier molecular flexibility index (Phi) is 18.8. The first-order valence-electron chi connectivity index (χ1n) is 20.6. The van der Waals surface area contributed by atoms with Gasteiger partial charge in [-0.05, 0) is 70.5 Å². The maximum absolute atomic E-state index is 12.4. The van der Waals surface area contributed by atoms with Gasteiger partial charge in [0.2, 0.25) is 11.8 Å². The number of carbonyl (C=O) groups is 2. The molecule has 0 atom stereocenters. The highest BCUT2D eigenvalue weighted by Gasteiger charge is 2.07. The fourth-order valence-corrected chi connectivity index (χ4v) is 6.84. The Morgan fingerprint density at radius 1 is 0.327 bits per heavy atom. The summed E-state index contributed by atoms with van der Waals surface area (Å²) >= 11 is 0. The number of hydrogen-bond acceptors (Lipinski definition) is 2. The van der Waals surface area contributed by atoms with E-state index in [0.717, 1.165) is 59.3 Å². The first kappa shape index (κ1) is 40.6. The molecule has 0 unspecified atom stereocenters. The molecule has 4 aromatic rings. The second kappa shape index (κ2) is 24.1. The van der Waals surface area contributed by atoms with Crippen LogP contribution in [0.4, 0.5) is 11.4 Å². The number of benzene rings is 4. The van der Waals surface area contributed by atoms with E-state index in [1.807, 2.05) is 24.3 Å². The zero-order valence-electron chi connectivity index (χ0n) is 32.2. The van der Waals surface area contributed by atoms with Crippen molar-refractivity contribution in [3.8, 4) is 33.4 Å². The van der Waals surface area contributed by atoms with Gasteiger partial charge in [0, 0.05) is 24.2 Å². The number of rotatable bonds is 25. The predicted molar refractivity (Wildman–Crippen MR) is 224 cm³/mol. The van der Waals surface area contributed by atoms with Gasteiger partial charge in [-0.25, -0.2) is 0 Å². The van der Waals surface area contributed by atoms with E-state index in [9.17, 15) is 9.59 Å². The topological polar surface area (TPSA) is 58.2 Å². The number of hydrogen-bond donors (Lipinski definition) is 2. The van der Waals surface area contributed by atoms with Gasteiger partial charge >= 0.3 is 0 Å². The first-order chi connectivity index (χ1) is 25.6. The van der Waals surface area contributed by atoms with Gasteiger partial charge in [0.15, 0.2) is 0 Å². The van der Waals surface area contributed by atoms with Crippen LogP contribution >= 0.6 is 0 Å². The summed E-state index contributed by atoms with van der Waals surface area (Å²) in [5, 5.41) is 6.13. The average molecular weight is 701 g/mol. The van der Waals surface area contributed by atoms with Gasteiger partial charge in [-0.15, -0.1) is 0 Å². The third-order valence-electron chi connectivity index (χ3n) is 10.1. The molecule has 0 radical (unpaired) electrons. The third kappa shape index (κ3) is 15.2. The highest BCUT2D eigenvalue weighted by molar-refractivity contribution is 5.91. The van der Waals surface area contributed by atoms with Crippen LogP contribution in [0.5, 0.6) is 0 Å². The summed E-state index contributed by atoms with van der Waals surface area (Å²) in [5.41, 5.74) is 8.59. The fraction of sp³-hybridized carbons (Fsp3) is 0.458. The molecule has 0 spiro atoms. The third-order valence-corrected chi connectivity index (χ3v) is 10.1. The molecule has 0 saturated heterocycles. The Labute approximate surface area is 315 Å². The summed E-state index contributed by atoms with van der Waals surface area (Å²) in [4.78, 5) is 24.9. The fourth-order valence-electron chi connectivity index (χ4n) is 6.84. The van der Waals surface area contributed by atoms with Crippen molar-refractivity contribution in [3.63, 3.8) is 0 Å². The van der Waals surface area contributed by atoms with Crippen LogP contribution in [-0.2, 0) is 9.59 Å². The Bertz CT molecular complexity index is 1440. The van der Waals surface area contributed by atoms with E-state index >= 15 is 0 Å². The summed E-state index contributed by atoms with van der Waals surface area (Å²) < 4.78 is 0. The SMILES string of the molecule is CCCCCCCCCCCC(=O)Nc1ccc(-c2ccc(-c3ccc(-c4ccc(NC(=O)CCCCCCCCCCC)cc4)cc3)cc2)cc1. The van der Waals surface area contributed by atoms with Crippen LogP contribution in [0.25, 0.3) is 33.4 Å². The lowest BCUT2D eigenvalue weighted by molar-refractivity contribution is -0.117. The molecule has 0 aliphatic heterocycles. The molecule has 4 aromatic carbocycles. The van der Waals surface area contributed by atoms with Crippen LogP contribution in [0.3, 0.4) is 0 Å². The molecule has 0 heterocycles. The van der Waals surface area contributed by atoms with Gasteiger partial charge < -0.3 is 10.6 Å². The largest absolute Gasteiger partial charge is 0.326 e. The quantitative estimate of drug-likeness (QED) is 0.0676. The Balaban J connectivity index is 1.16. The molecule has 0 aliphatic carbocycles. The minimum Gasteiger partial charge on any atom is -0.326 e. The summed E-state index contributed by atoms with van der Waals surface area (Å²) in [6.45, 7) is 4.51. The Morgan fingerprint density at radius 2 is 0.538 bits per heavy atom. The molecule has 4 nitrogen and oxygen atoms in total. The van der Waals surface area contributed by atoms with Crippen molar-refractivity contribution in [1.82, 2.24) is 0 Å². The molecule has 278 valence electrons. The molecule has 0 aliphatic rings. The van der Waals surface area contributed by atoms with Gasteiger partial charge in [0.25, 0.3) is 0 Å². The summed E-state index contributed by atoms with van der Waals surface area (Å²) in [6.07, 6.45) is 23.8. The molecule has 0 bridgehead atoms. The van der Waals surface area contributed by atoms with Crippen molar-refractivity contribution in [2.75, 3.05) is 10.6 Å². The van der Waals surface area contributed by atoms with Gasteiger partial charge in [0.05, 0.1) is 0 Å². The van der Waals surface area contributed by atoms with E-state index in [-0.39, 0.29) is 11.8 Å². The smallest absolute Gasteiger partial charge is 0.224 e. The highest BCUT2D eigenvalue weighted by atomic mass is 16.2. The zero-order valence-corrected chi connectivity index (χ0v) is 32.2. The molecular weight excluding hydrogens is 637 g/mol. The molecule has 2 amide bonds. The molecule has 52 heavy (non-hydrogen) atoms. The maximum Gasteiger partial charge on any atom is 0.224 e. The van der Waals surface area contributed by atoms with Crippen molar-refractivity contribution in [1.29, 1.82) is 0 Å². The van der Waals surface area contributed by atoms with Gasteiger partial charge in [-0.3, -0.25) is 9.59 Å². The van der Waals surface area contributed by atoms with Gasteiger partial charge in [0.1, 0.15) is 0 Å². The molecule has 0 saturated carbocycles. The molecular formula is C48H64N2O2. The van der Waals surface area contributed by atoms with E-state index in [1.165, 1.54) is 101 Å². The molecule has 0 fully saturated rings.